The topological polar surface area (TPSA) is 77.1 Å². The summed E-state index contributed by atoms with van der Waals surface area (Å²) in [6.45, 7) is 0.732. The van der Waals surface area contributed by atoms with Gasteiger partial charge < -0.3 is 9.32 Å². The predicted octanol–water partition coefficient (Wildman–Crippen LogP) is 4.84. The van der Waals surface area contributed by atoms with E-state index in [1.165, 1.54) is 0 Å². The maximum Gasteiger partial charge on any atom is 0.261 e. The Labute approximate surface area is 194 Å². The highest BCUT2D eigenvalue weighted by Gasteiger charge is 2.17. The number of anilines is 1. The molecule has 0 aliphatic carbocycles. The van der Waals surface area contributed by atoms with Gasteiger partial charge in [-0.05, 0) is 42.5 Å². The highest BCUT2D eigenvalue weighted by Crippen LogP contribution is 2.24. The molecular formula is C25H20ClN5O2. The molecule has 164 valence electrons. The molecule has 5 aromatic rings. The van der Waals surface area contributed by atoms with E-state index in [9.17, 15) is 4.79 Å². The third-order valence-electron chi connectivity index (χ3n) is 5.39. The lowest BCUT2D eigenvalue weighted by molar-refractivity contribution is 0.494. The molecule has 0 fully saturated rings. The molecule has 33 heavy (non-hydrogen) atoms. The van der Waals surface area contributed by atoms with Crippen LogP contribution in [0.25, 0.3) is 22.4 Å². The SMILES string of the molecule is Cn1c(CN(Cc2nnc(-c3cccc(Cl)c3)o2)c2ccccc2)nc2ccccc2c1=O. The number of fused-ring (bicyclic) bond motifs is 1. The Kier molecular flexibility index (Phi) is 5.62. The smallest absolute Gasteiger partial charge is 0.261 e. The largest absolute Gasteiger partial charge is 0.419 e. The first-order valence-corrected chi connectivity index (χ1v) is 10.8. The van der Waals surface area contributed by atoms with E-state index in [4.69, 9.17) is 21.0 Å². The summed E-state index contributed by atoms with van der Waals surface area (Å²) in [5.41, 5.74) is 2.29. The number of benzene rings is 3. The molecule has 7 nitrogen and oxygen atoms in total. The van der Waals surface area contributed by atoms with Crippen molar-refractivity contribution in [1.29, 1.82) is 0 Å². The number of hydrogen-bond acceptors (Lipinski definition) is 6. The minimum atomic E-state index is -0.0790. The summed E-state index contributed by atoms with van der Waals surface area (Å²) >= 11 is 6.09. The van der Waals surface area contributed by atoms with Crippen molar-refractivity contribution >= 4 is 28.2 Å². The van der Waals surface area contributed by atoms with Crippen LogP contribution in [-0.2, 0) is 20.1 Å². The van der Waals surface area contributed by atoms with E-state index < -0.39 is 0 Å². The average molecular weight is 458 g/mol. The Morgan fingerprint density at radius 2 is 1.73 bits per heavy atom. The number of para-hydroxylation sites is 2. The van der Waals surface area contributed by atoms with Gasteiger partial charge in [0.15, 0.2) is 0 Å². The zero-order chi connectivity index (χ0) is 22.8. The second-order valence-electron chi connectivity index (χ2n) is 7.61. The molecule has 0 saturated heterocycles. The van der Waals surface area contributed by atoms with Crippen LogP contribution in [0.2, 0.25) is 5.02 Å². The number of hydrogen-bond donors (Lipinski definition) is 0. The van der Waals surface area contributed by atoms with Crippen molar-refractivity contribution < 1.29 is 4.42 Å². The maximum absolute atomic E-state index is 12.9. The molecule has 0 N–H and O–H groups in total. The highest BCUT2D eigenvalue weighted by molar-refractivity contribution is 6.30. The molecule has 0 aliphatic rings. The molecule has 0 amide bonds. The van der Waals surface area contributed by atoms with Gasteiger partial charge >= 0.3 is 0 Å². The van der Waals surface area contributed by atoms with Gasteiger partial charge in [0.25, 0.3) is 5.56 Å². The summed E-state index contributed by atoms with van der Waals surface area (Å²) in [5, 5.41) is 9.60. The lowest BCUT2D eigenvalue weighted by atomic mass is 10.2. The molecule has 0 spiro atoms. The van der Waals surface area contributed by atoms with Crippen molar-refractivity contribution in [3.63, 3.8) is 0 Å². The molecule has 2 aromatic heterocycles. The van der Waals surface area contributed by atoms with Crippen LogP contribution in [-0.4, -0.2) is 19.7 Å². The fraction of sp³-hybridized carbons (Fsp3) is 0.120. The summed E-state index contributed by atoms with van der Waals surface area (Å²) in [6, 6.07) is 24.5. The number of aromatic nitrogens is 4. The molecular weight excluding hydrogens is 438 g/mol. The van der Waals surface area contributed by atoms with Crippen molar-refractivity contribution in [1.82, 2.24) is 19.7 Å². The van der Waals surface area contributed by atoms with Gasteiger partial charge in [-0.3, -0.25) is 9.36 Å². The van der Waals surface area contributed by atoms with Gasteiger partial charge in [0.1, 0.15) is 5.82 Å². The summed E-state index contributed by atoms with van der Waals surface area (Å²) in [7, 11) is 1.74. The quantitative estimate of drug-likeness (QED) is 0.363. The van der Waals surface area contributed by atoms with Gasteiger partial charge in [-0.25, -0.2) is 4.98 Å². The Hall–Kier alpha value is -3.97. The molecule has 5 rings (SSSR count). The lowest BCUT2D eigenvalue weighted by Crippen LogP contribution is -2.29. The highest BCUT2D eigenvalue weighted by atomic mass is 35.5. The molecule has 0 unspecified atom stereocenters. The monoisotopic (exact) mass is 457 g/mol. The Morgan fingerprint density at radius 1 is 0.939 bits per heavy atom. The van der Waals surface area contributed by atoms with Crippen molar-refractivity contribution in [2.45, 2.75) is 13.1 Å². The van der Waals surface area contributed by atoms with Crippen LogP contribution in [0, 0.1) is 0 Å². The van der Waals surface area contributed by atoms with Gasteiger partial charge in [0.2, 0.25) is 11.8 Å². The van der Waals surface area contributed by atoms with Gasteiger partial charge in [0.05, 0.1) is 24.0 Å². The lowest BCUT2D eigenvalue weighted by Gasteiger charge is -2.24. The first kappa shape index (κ1) is 20.9. The minimum Gasteiger partial charge on any atom is -0.419 e. The standard InChI is InChI=1S/C25H20ClN5O2/c1-30-22(27-21-13-6-5-12-20(21)25(30)32)15-31(19-10-3-2-4-11-19)16-23-28-29-24(33-23)17-8-7-9-18(26)14-17/h2-14H,15-16H2,1H3. The van der Waals surface area contributed by atoms with Gasteiger partial charge in [-0.15, -0.1) is 10.2 Å². The van der Waals surface area contributed by atoms with Crippen LogP contribution in [0.5, 0.6) is 0 Å². The summed E-state index contributed by atoms with van der Waals surface area (Å²) in [5.74, 6) is 1.48. The third kappa shape index (κ3) is 4.36. The van der Waals surface area contributed by atoms with Gasteiger partial charge in [-0.2, -0.15) is 0 Å². The number of nitrogens with zero attached hydrogens (tertiary/aromatic N) is 5. The van der Waals surface area contributed by atoms with E-state index in [0.29, 0.717) is 46.6 Å². The minimum absolute atomic E-state index is 0.0790. The molecule has 8 heteroatoms. The third-order valence-corrected chi connectivity index (χ3v) is 5.63. The number of halogens is 1. The van der Waals surface area contributed by atoms with E-state index >= 15 is 0 Å². The maximum atomic E-state index is 12.9. The van der Waals surface area contributed by atoms with E-state index in [0.717, 1.165) is 11.3 Å². The van der Waals surface area contributed by atoms with Crippen LogP contribution in [0.15, 0.2) is 88.1 Å². The fourth-order valence-corrected chi connectivity index (χ4v) is 3.86. The first-order valence-electron chi connectivity index (χ1n) is 10.4. The van der Waals surface area contributed by atoms with E-state index in [2.05, 4.69) is 10.2 Å². The number of rotatable bonds is 6. The van der Waals surface area contributed by atoms with Crippen LogP contribution >= 0.6 is 11.6 Å². The van der Waals surface area contributed by atoms with Crippen LogP contribution < -0.4 is 10.5 Å². The zero-order valence-electron chi connectivity index (χ0n) is 17.9. The first-order chi connectivity index (χ1) is 16.1. The van der Waals surface area contributed by atoms with E-state index in [1.54, 1.807) is 29.8 Å². The molecule has 0 aliphatic heterocycles. The molecule has 0 bridgehead atoms. The van der Waals surface area contributed by atoms with Crippen LogP contribution in [0.3, 0.4) is 0 Å². The Bertz CT molecular complexity index is 1480. The summed E-state index contributed by atoms with van der Waals surface area (Å²) in [4.78, 5) is 19.7. The molecule has 0 saturated carbocycles. The van der Waals surface area contributed by atoms with Crippen LogP contribution in [0.1, 0.15) is 11.7 Å². The van der Waals surface area contributed by atoms with E-state index in [1.807, 2.05) is 65.6 Å². The van der Waals surface area contributed by atoms with Crippen molar-refractivity contribution in [2.24, 2.45) is 7.05 Å². The van der Waals surface area contributed by atoms with Crippen molar-refractivity contribution in [2.75, 3.05) is 4.90 Å². The predicted molar refractivity (Wildman–Crippen MR) is 128 cm³/mol. The second-order valence-corrected chi connectivity index (χ2v) is 8.05. The summed E-state index contributed by atoms with van der Waals surface area (Å²) < 4.78 is 7.51. The zero-order valence-corrected chi connectivity index (χ0v) is 18.6. The van der Waals surface area contributed by atoms with Crippen LogP contribution in [0.4, 0.5) is 5.69 Å². The molecule has 0 atom stereocenters. The second kappa shape index (κ2) is 8.88. The average Bonchev–Trinajstić information content (AvgIpc) is 3.31. The molecule has 0 radical (unpaired) electrons. The van der Waals surface area contributed by atoms with Crippen molar-refractivity contribution in [3.8, 4) is 11.5 Å². The Balaban J connectivity index is 1.49. The fourth-order valence-electron chi connectivity index (χ4n) is 3.67. The van der Waals surface area contributed by atoms with Gasteiger partial charge in [0, 0.05) is 23.3 Å². The van der Waals surface area contributed by atoms with Gasteiger partial charge in [-0.1, -0.05) is 48.0 Å². The van der Waals surface area contributed by atoms with Crippen molar-refractivity contribution in [3.05, 3.63) is 106 Å². The van der Waals surface area contributed by atoms with E-state index in [-0.39, 0.29) is 5.56 Å². The Morgan fingerprint density at radius 3 is 2.55 bits per heavy atom. The molecule has 3 aromatic carbocycles. The molecule has 2 heterocycles. The summed E-state index contributed by atoms with van der Waals surface area (Å²) in [6.07, 6.45) is 0. The normalized spacial score (nSPS) is 11.1.